The van der Waals surface area contributed by atoms with E-state index in [-0.39, 0.29) is 0 Å². The Kier molecular flexibility index (Phi) is 6.53. The van der Waals surface area contributed by atoms with Gasteiger partial charge in [0.25, 0.3) is 0 Å². The van der Waals surface area contributed by atoms with Gasteiger partial charge in [-0.25, -0.2) is 0 Å². The van der Waals surface area contributed by atoms with Crippen molar-refractivity contribution in [3.8, 4) is 0 Å². The van der Waals surface area contributed by atoms with Gasteiger partial charge in [0, 0.05) is 5.75 Å². The van der Waals surface area contributed by atoms with Crippen molar-refractivity contribution in [1.82, 2.24) is 0 Å². The van der Waals surface area contributed by atoms with Gasteiger partial charge < -0.3 is 4.89 Å². The molecule has 0 amide bonds. The molecule has 5 heteroatoms. The van der Waals surface area contributed by atoms with E-state index < -0.39 is 5.77 Å². The average Bonchev–Trinajstić information content (AvgIpc) is 1.97. The third kappa shape index (κ3) is 7.01. The Morgan fingerprint density at radius 3 is 2.73 bits per heavy atom. The van der Waals surface area contributed by atoms with Crippen LogP contribution in [0.15, 0.2) is 11.5 Å². The molecule has 1 N–H and O–H groups in total. The summed E-state index contributed by atoms with van der Waals surface area (Å²) in [5, 5.41) is 1.66. The molecule has 0 aromatic heterocycles. The van der Waals surface area contributed by atoms with Crippen LogP contribution in [0.1, 0.15) is 20.3 Å². The summed E-state index contributed by atoms with van der Waals surface area (Å²) in [5.41, 5.74) is 0. The molecule has 0 bridgehead atoms. The highest BCUT2D eigenvalue weighted by atomic mass is 33.1. The smallest absolute Gasteiger partial charge is 0.314 e. The van der Waals surface area contributed by atoms with Crippen molar-refractivity contribution in [3.63, 3.8) is 0 Å². The molecule has 0 aliphatic heterocycles. The van der Waals surface area contributed by atoms with E-state index >= 15 is 0 Å². The van der Waals surface area contributed by atoms with Gasteiger partial charge in [-0.2, -0.15) is 0 Å². The zero-order valence-corrected chi connectivity index (χ0v) is 9.22. The van der Waals surface area contributed by atoms with E-state index in [1.807, 2.05) is 13.8 Å². The number of rotatable bonds is 5. The topological polar surface area (TPSA) is 37.3 Å². The molecule has 11 heavy (non-hydrogen) atoms. The van der Waals surface area contributed by atoms with Crippen LogP contribution in [0.5, 0.6) is 0 Å². The molecule has 0 aromatic rings. The van der Waals surface area contributed by atoms with E-state index in [9.17, 15) is 9.46 Å². The molecule has 0 aliphatic rings. The Labute approximate surface area is 75.8 Å². The Morgan fingerprint density at radius 2 is 2.27 bits per heavy atom. The molecule has 66 valence electrons. The number of hydrogen-bond acceptors (Lipinski definition) is 3. The maximum atomic E-state index is 11.2. The van der Waals surface area contributed by atoms with Crippen LogP contribution in [0, 0.1) is 0 Å². The van der Waals surface area contributed by atoms with Crippen molar-refractivity contribution in [3.05, 3.63) is 11.5 Å². The van der Waals surface area contributed by atoms with Crippen LogP contribution in [-0.4, -0.2) is 10.6 Å². The van der Waals surface area contributed by atoms with Crippen molar-refractivity contribution in [2.75, 3.05) is 5.75 Å². The molecular weight excluding hydrogens is 199 g/mol. The molecule has 1 unspecified atom stereocenters. The van der Waals surface area contributed by atoms with Gasteiger partial charge in [-0.15, -0.1) is 0 Å². The maximum Gasteiger partial charge on any atom is 0.314 e. The third-order valence-corrected chi connectivity index (χ3v) is 6.78. The highest BCUT2D eigenvalue weighted by Crippen LogP contribution is 2.66. The van der Waals surface area contributed by atoms with E-state index in [1.54, 1.807) is 11.5 Å². The SMILES string of the molecule is CC=CSP(=O)(O)SCCC. The normalized spacial score (nSPS) is 17.0. The quantitative estimate of drug-likeness (QED) is 0.708. The Hall–Kier alpha value is 0.630. The molecule has 0 spiro atoms. The van der Waals surface area contributed by atoms with Gasteiger partial charge in [0.05, 0.1) is 0 Å². The van der Waals surface area contributed by atoms with Crippen molar-refractivity contribution < 1.29 is 9.46 Å². The largest absolute Gasteiger partial charge is 0.329 e. The Bertz CT molecular complexity index is 170. The minimum absolute atomic E-state index is 0.748. The second-order valence-electron chi connectivity index (χ2n) is 1.88. The first-order valence-electron chi connectivity index (χ1n) is 3.39. The van der Waals surface area contributed by atoms with E-state index in [0.29, 0.717) is 0 Å². The molecule has 0 aromatic carbocycles. The van der Waals surface area contributed by atoms with Crippen LogP contribution in [0.25, 0.3) is 0 Å². The minimum Gasteiger partial charge on any atom is -0.329 e. The maximum absolute atomic E-state index is 11.2. The van der Waals surface area contributed by atoms with Crippen LogP contribution >= 0.6 is 28.5 Å². The lowest BCUT2D eigenvalue weighted by atomic mass is 10.6. The summed E-state index contributed by atoms with van der Waals surface area (Å²) in [4.78, 5) is 9.21. The first kappa shape index (κ1) is 11.6. The van der Waals surface area contributed by atoms with E-state index in [0.717, 1.165) is 34.9 Å². The first-order chi connectivity index (χ1) is 5.12. The summed E-state index contributed by atoms with van der Waals surface area (Å²) in [6.07, 6.45) is 2.70. The lowest BCUT2D eigenvalue weighted by Crippen LogP contribution is -1.71. The van der Waals surface area contributed by atoms with Crippen molar-refractivity contribution in [2.45, 2.75) is 20.3 Å². The van der Waals surface area contributed by atoms with Crippen molar-refractivity contribution in [1.29, 1.82) is 0 Å². The molecule has 0 saturated heterocycles. The summed E-state index contributed by atoms with van der Waals surface area (Å²) in [7, 11) is 0. The molecule has 0 saturated carbocycles. The molecule has 2 nitrogen and oxygen atoms in total. The standard InChI is InChI=1S/C6H13O2PS2/c1-3-5-10-9(7,8)11-6-4-2/h3,5H,4,6H2,1-2H3,(H,7,8). The summed E-state index contributed by atoms with van der Waals surface area (Å²) in [6, 6.07) is 0. The Morgan fingerprint density at radius 1 is 1.64 bits per heavy atom. The highest BCUT2D eigenvalue weighted by molar-refractivity contribution is 8.89. The molecule has 0 rings (SSSR count). The van der Waals surface area contributed by atoms with E-state index in [4.69, 9.17) is 0 Å². The summed E-state index contributed by atoms with van der Waals surface area (Å²) in [5.74, 6) is -2.23. The minimum atomic E-state index is -2.98. The van der Waals surface area contributed by atoms with E-state index in [1.165, 1.54) is 0 Å². The van der Waals surface area contributed by atoms with E-state index in [2.05, 4.69) is 0 Å². The monoisotopic (exact) mass is 212 g/mol. The molecular formula is C6H13O2PS2. The van der Waals surface area contributed by atoms with Crippen LogP contribution in [0.2, 0.25) is 0 Å². The lowest BCUT2D eigenvalue weighted by Gasteiger charge is -2.04. The van der Waals surface area contributed by atoms with Crippen LogP contribution < -0.4 is 0 Å². The zero-order chi connectivity index (χ0) is 8.74. The average molecular weight is 212 g/mol. The van der Waals surface area contributed by atoms with Gasteiger partial charge in [-0.3, -0.25) is 4.57 Å². The molecule has 1 atom stereocenters. The second-order valence-corrected chi connectivity index (χ2v) is 9.03. The van der Waals surface area contributed by atoms with Crippen molar-refractivity contribution in [2.24, 2.45) is 0 Å². The fraction of sp³-hybridized carbons (Fsp3) is 0.667. The molecule has 0 heterocycles. The summed E-state index contributed by atoms with van der Waals surface area (Å²) < 4.78 is 11.2. The van der Waals surface area contributed by atoms with Gasteiger partial charge in [-0.1, -0.05) is 24.4 Å². The van der Waals surface area contributed by atoms with Crippen LogP contribution in [0.3, 0.4) is 0 Å². The fourth-order valence-corrected chi connectivity index (χ4v) is 5.04. The van der Waals surface area contributed by atoms with Gasteiger partial charge in [0.15, 0.2) is 0 Å². The predicted octanol–water partition coefficient (Wildman–Crippen LogP) is 3.50. The third-order valence-electron chi connectivity index (χ3n) is 0.789. The van der Waals surface area contributed by atoms with Gasteiger partial charge in [0.1, 0.15) is 0 Å². The second kappa shape index (κ2) is 6.18. The Balaban J connectivity index is 3.71. The van der Waals surface area contributed by atoms with Gasteiger partial charge >= 0.3 is 5.77 Å². The molecule has 0 fully saturated rings. The molecule has 0 aliphatic carbocycles. The van der Waals surface area contributed by atoms with Crippen molar-refractivity contribution >= 4 is 28.5 Å². The van der Waals surface area contributed by atoms with Crippen LogP contribution in [0.4, 0.5) is 0 Å². The zero-order valence-electron chi connectivity index (χ0n) is 6.69. The first-order valence-corrected chi connectivity index (χ1v) is 8.12. The summed E-state index contributed by atoms with van der Waals surface area (Å²) in [6.45, 7) is 3.82. The lowest BCUT2D eigenvalue weighted by molar-refractivity contribution is 0.514. The van der Waals surface area contributed by atoms with Gasteiger partial charge in [-0.05, 0) is 30.1 Å². The fourth-order valence-electron chi connectivity index (χ4n) is 0.375. The molecule has 0 radical (unpaired) electrons. The number of hydrogen-bond donors (Lipinski definition) is 1. The van der Waals surface area contributed by atoms with Crippen LogP contribution in [-0.2, 0) is 4.57 Å². The predicted molar refractivity (Wildman–Crippen MR) is 55.0 cm³/mol. The van der Waals surface area contributed by atoms with Gasteiger partial charge in [0.2, 0.25) is 0 Å². The summed E-state index contributed by atoms with van der Waals surface area (Å²) >= 11 is 2.15. The number of allylic oxidation sites excluding steroid dienone is 1. The highest BCUT2D eigenvalue weighted by Gasteiger charge is 2.16.